The number of carbonyl (C=O) groups is 1. The van der Waals surface area contributed by atoms with Crippen LogP contribution in [0.3, 0.4) is 0 Å². The van der Waals surface area contributed by atoms with Gasteiger partial charge in [0.15, 0.2) is 6.54 Å². The van der Waals surface area contributed by atoms with E-state index in [0.29, 0.717) is 13.1 Å². The summed E-state index contributed by atoms with van der Waals surface area (Å²) in [5.74, 6) is 0.222. The topological polar surface area (TPSA) is 49.2 Å². The Morgan fingerprint density at radius 3 is 2.67 bits per heavy atom. The molecule has 4 heteroatoms. The van der Waals surface area contributed by atoms with Crippen LogP contribution < -0.4 is 5.32 Å². The summed E-state index contributed by atoms with van der Waals surface area (Å²) in [7, 11) is 1.66. The van der Waals surface area contributed by atoms with E-state index < -0.39 is 0 Å². The van der Waals surface area contributed by atoms with Gasteiger partial charge in [0, 0.05) is 19.4 Å². The summed E-state index contributed by atoms with van der Waals surface area (Å²) in [6.07, 6.45) is 1.75. The number of hydrogen-bond donors (Lipinski definition) is 1. The highest BCUT2D eigenvalue weighted by Crippen LogP contribution is 1.91. The minimum Gasteiger partial charge on any atom is -0.356 e. The Balaban J connectivity index is 3.67. The summed E-state index contributed by atoms with van der Waals surface area (Å²) in [6.45, 7) is 4.65. The van der Waals surface area contributed by atoms with Crippen molar-refractivity contribution in [1.29, 1.82) is 0 Å². The maximum atomic E-state index is 10.5. The summed E-state index contributed by atoms with van der Waals surface area (Å²) in [4.78, 5) is 20.6. The molecule has 0 aromatic carbocycles. The first-order valence-corrected chi connectivity index (χ1v) is 3.89. The van der Waals surface area contributed by atoms with Crippen LogP contribution in [0.25, 0.3) is 0 Å². The molecule has 0 fully saturated rings. The number of nitrogens with zero attached hydrogens (tertiary/aromatic N) is 1. The molecule has 0 aliphatic carbocycles. The summed E-state index contributed by atoms with van der Waals surface area (Å²) >= 11 is 0. The van der Waals surface area contributed by atoms with E-state index in [1.807, 2.05) is 6.92 Å². The van der Waals surface area contributed by atoms with Crippen LogP contribution in [0.15, 0.2) is 0 Å². The minimum absolute atomic E-state index is 0.0421. The van der Waals surface area contributed by atoms with Gasteiger partial charge in [0.2, 0.25) is 5.91 Å². The molecule has 0 saturated carbocycles. The highest BCUT2D eigenvalue weighted by Gasteiger charge is 2.08. The largest absolute Gasteiger partial charge is 0.423 e. The van der Waals surface area contributed by atoms with Gasteiger partial charge in [-0.25, -0.2) is 0 Å². The van der Waals surface area contributed by atoms with Crippen LogP contribution >= 0.6 is 0 Å². The lowest BCUT2D eigenvalue weighted by Gasteiger charge is -2.06. The Morgan fingerprint density at radius 2 is 2.25 bits per heavy atom. The zero-order chi connectivity index (χ0) is 9.56. The van der Waals surface area contributed by atoms with Crippen molar-refractivity contribution in [3.8, 4) is 0 Å². The lowest BCUT2D eigenvalue weighted by Crippen LogP contribution is -2.29. The molecular formula is C8H15N2O2+. The molecule has 1 unspecified atom stereocenters. The Morgan fingerprint density at radius 1 is 1.67 bits per heavy atom. The van der Waals surface area contributed by atoms with Gasteiger partial charge in [-0.2, -0.15) is 9.37 Å². The minimum atomic E-state index is -0.0421. The van der Waals surface area contributed by atoms with Gasteiger partial charge in [0.25, 0.3) is 0 Å². The van der Waals surface area contributed by atoms with Crippen molar-refractivity contribution >= 4 is 12.0 Å². The molecule has 0 saturated heterocycles. The van der Waals surface area contributed by atoms with Gasteiger partial charge in [-0.3, -0.25) is 4.79 Å². The third-order valence-electron chi connectivity index (χ3n) is 1.44. The second-order valence-corrected chi connectivity index (χ2v) is 3.01. The van der Waals surface area contributed by atoms with E-state index in [9.17, 15) is 9.59 Å². The zero-order valence-corrected chi connectivity index (χ0v) is 7.76. The molecule has 0 aliphatic heterocycles. The van der Waals surface area contributed by atoms with Crippen LogP contribution in [0.5, 0.6) is 0 Å². The third kappa shape index (κ3) is 5.62. The van der Waals surface area contributed by atoms with Gasteiger partial charge in [-0.15, -0.1) is 0 Å². The van der Waals surface area contributed by atoms with Gasteiger partial charge in [-0.05, 0) is 0 Å². The Hall–Kier alpha value is -1.15. The normalized spacial score (nSPS) is 11.6. The monoisotopic (exact) mass is 171 g/mol. The number of carbonyl (C=O) groups excluding carboxylic acids is 2. The fraction of sp³-hybridized carbons (Fsp3) is 0.750. The summed E-state index contributed by atoms with van der Waals surface area (Å²) < 4.78 is 1.44. The molecule has 0 heterocycles. The van der Waals surface area contributed by atoms with Crippen molar-refractivity contribution in [2.24, 2.45) is 5.92 Å². The quantitative estimate of drug-likeness (QED) is 0.360. The molecule has 1 N–H and O–H groups in total. The molecule has 12 heavy (non-hydrogen) atoms. The molecule has 4 nitrogen and oxygen atoms in total. The van der Waals surface area contributed by atoms with Gasteiger partial charge in [-0.1, -0.05) is 6.92 Å². The molecular weight excluding hydrogens is 156 g/mol. The van der Waals surface area contributed by atoms with Crippen LogP contribution in [-0.4, -0.2) is 36.7 Å². The Bertz CT molecular complexity index is 207. The molecule has 0 aromatic rings. The maximum Gasteiger partial charge on any atom is 0.423 e. The van der Waals surface area contributed by atoms with Gasteiger partial charge < -0.3 is 5.32 Å². The average Bonchev–Trinajstić information content (AvgIpc) is 2.00. The van der Waals surface area contributed by atoms with E-state index >= 15 is 0 Å². The summed E-state index contributed by atoms with van der Waals surface area (Å²) in [5, 5.41) is 2.68. The van der Waals surface area contributed by atoms with Crippen LogP contribution in [0.4, 0.5) is 0 Å². The molecule has 0 spiro atoms. The van der Waals surface area contributed by atoms with Crippen LogP contribution in [-0.2, 0) is 9.59 Å². The molecule has 0 aromatic heterocycles. The summed E-state index contributed by atoms with van der Waals surface area (Å²) in [5.41, 5.74) is 0. The molecule has 0 bridgehead atoms. The smallest absolute Gasteiger partial charge is 0.356 e. The van der Waals surface area contributed by atoms with Gasteiger partial charge >= 0.3 is 6.08 Å². The Labute approximate surface area is 72.3 Å². The molecule has 1 amide bonds. The molecule has 68 valence electrons. The summed E-state index contributed by atoms with van der Waals surface area (Å²) in [6, 6.07) is 0. The average molecular weight is 171 g/mol. The number of nitrogens with one attached hydrogen (secondary N) is 1. The Kier molecular flexibility index (Phi) is 4.97. The molecule has 0 aliphatic rings. The standard InChI is InChI=1S/C8H14N2O2/c1-7(4-9-8(2)12)5-10(3)6-11/h7H,4-5H2,1-3H3/p+1. The SMILES string of the molecule is CC(=O)NCC(C)C[N+](C)=C=O. The molecule has 0 radical (unpaired) electrons. The lowest BCUT2D eigenvalue weighted by molar-refractivity contribution is -0.501. The first-order chi connectivity index (χ1) is 5.56. The maximum absolute atomic E-state index is 10.5. The highest BCUT2D eigenvalue weighted by atomic mass is 16.1. The van der Waals surface area contributed by atoms with Crippen molar-refractivity contribution in [1.82, 2.24) is 5.32 Å². The van der Waals surface area contributed by atoms with E-state index in [0.717, 1.165) is 0 Å². The highest BCUT2D eigenvalue weighted by molar-refractivity contribution is 5.72. The van der Waals surface area contributed by atoms with Crippen molar-refractivity contribution in [3.05, 3.63) is 0 Å². The van der Waals surface area contributed by atoms with Crippen LogP contribution in [0, 0.1) is 5.92 Å². The van der Waals surface area contributed by atoms with Crippen molar-refractivity contribution < 1.29 is 14.2 Å². The number of hydrogen-bond acceptors (Lipinski definition) is 2. The fourth-order valence-corrected chi connectivity index (χ4v) is 0.887. The first-order valence-electron chi connectivity index (χ1n) is 3.89. The lowest BCUT2D eigenvalue weighted by atomic mass is 10.2. The second-order valence-electron chi connectivity index (χ2n) is 3.01. The van der Waals surface area contributed by atoms with Crippen molar-refractivity contribution in [2.75, 3.05) is 20.1 Å². The van der Waals surface area contributed by atoms with Crippen LogP contribution in [0.2, 0.25) is 0 Å². The number of isocyanates is 1. The van der Waals surface area contributed by atoms with Gasteiger partial charge in [0.05, 0.1) is 0 Å². The van der Waals surface area contributed by atoms with E-state index in [1.54, 1.807) is 13.1 Å². The van der Waals surface area contributed by atoms with E-state index in [1.165, 1.54) is 11.5 Å². The third-order valence-corrected chi connectivity index (χ3v) is 1.44. The molecule has 0 rings (SSSR count). The first kappa shape index (κ1) is 10.8. The predicted octanol–water partition coefficient (Wildman–Crippen LogP) is -0.263. The van der Waals surface area contributed by atoms with Gasteiger partial charge in [0.1, 0.15) is 7.05 Å². The molecule has 1 atom stereocenters. The van der Waals surface area contributed by atoms with Crippen molar-refractivity contribution in [3.63, 3.8) is 0 Å². The van der Waals surface area contributed by atoms with E-state index in [-0.39, 0.29) is 11.8 Å². The van der Waals surface area contributed by atoms with Crippen LogP contribution in [0.1, 0.15) is 13.8 Å². The van der Waals surface area contributed by atoms with Crippen molar-refractivity contribution in [2.45, 2.75) is 13.8 Å². The number of amides is 1. The predicted molar refractivity (Wildman–Crippen MR) is 44.6 cm³/mol. The zero-order valence-electron chi connectivity index (χ0n) is 7.76. The fourth-order valence-electron chi connectivity index (χ4n) is 0.887. The second kappa shape index (κ2) is 5.49. The number of rotatable bonds is 4. The van der Waals surface area contributed by atoms with E-state index in [2.05, 4.69) is 5.32 Å². The van der Waals surface area contributed by atoms with E-state index in [4.69, 9.17) is 0 Å².